The summed E-state index contributed by atoms with van der Waals surface area (Å²) < 4.78 is 43.6. The van der Waals surface area contributed by atoms with Crippen molar-refractivity contribution in [2.75, 3.05) is 36.9 Å². The van der Waals surface area contributed by atoms with Crippen LogP contribution in [0.1, 0.15) is 83.1 Å². The summed E-state index contributed by atoms with van der Waals surface area (Å²) in [5.41, 5.74) is 2.36. The molecule has 8 rings (SSSR count). The van der Waals surface area contributed by atoms with E-state index in [1.807, 2.05) is 12.1 Å². The van der Waals surface area contributed by atoms with Crippen LogP contribution in [0.15, 0.2) is 82.5 Å². The Morgan fingerprint density at radius 1 is 1.02 bits per heavy atom. The van der Waals surface area contributed by atoms with Gasteiger partial charge < -0.3 is 25.1 Å². The second-order valence-electron chi connectivity index (χ2n) is 15.3. The van der Waals surface area contributed by atoms with Crippen LogP contribution >= 0.6 is 0 Å². The molecule has 4 aromatic heterocycles. The fraction of sp³-hybridized carbons (Fsp3) is 0.349. The average molecular weight is 851 g/mol. The Labute approximate surface area is 352 Å². The van der Waals surface area contributed by atoms with Crippen molar-refractivity contribution in [3.8, 4) is 17.1 Å². The summed E-state index contributed by atoms with van der Waals surface area (Å²) >= 11 is 0. The molecule has 1 aliphatic heterocycles. The first-order valence-corrected chi connectivity index (χ1v) is 20.4. The maximum Gasteiger partial charge on any atom is 0.329 e. The van der Waals surface area contributed by atoms with Crippen molar-refractivity contribution in [3.63, 3.8) is 0 Å². The highest BCUT2D eigenvalue weighted by atomic mass is 19.3. The first kappa shape index (κ1) is 41.7. The molecule has 0 spiro atoms. The predicted molar refractivity (Wildman–Crippen MR) is 222 cm³/mol. The molecule has 1 aliphatic carbocycles. The van der Waals surface area contributed by atoms with Gasteiger partial charge >= 0.3 is 5.69 Å². The molecule has 2 fully saturated rings. The van der Waals surface area contributed by atoms with Crippen LogP contribution < -0.4 is 27.0 Å². The number of imide groups is 1. The fourth-order valence-electron chi connectivity index (χ4n) is 7.37. The van der Waals surface area contributed by atoms with E-state index in [1.54, 1.807) is 55.7 Å². The number of nitrogens with zero attached hydrogens (tertiary/aromatic N) is 6. The summed E-state index contributed by atoms with van der Waals surface area (Å²) in [5.74, 6) is -0.440. The summed E-state index contributed by atoms with van der Waals surface area (Å²) in [6.07, 6.45) is 5.69. The number of halogens is 2. The minimum absolute atomic E-state index is 0.110. The molecule has 1 unspecified atom stereocenters. The van der Waals surface area contributed by atoms with Crippen molar-refractivity contribution in [2.45, 2.75) is 57.4 Å². The molecule has 1 atom stereocenters. The van der Waals surface area contributed by atoms with Crippen molar-refractivity contribution < 1.29 is 37.1 Å². The van der Waals surface area contributed by atoms with E-state index in [-0.39, 0.29) is 47.6 Å². The zero-order valence-electron chi connectivity index (χ0n) is 33.7. The molecule has 19 heteroatoms. The predicted octanol–water partition coefficient (Wildman–Crippen LogP) is 5.33. The van der Waals surface area contributed by atoms with Gasteiger partial charge in [-0.05, 0) is 92.5 Å². The van der Waals surface area contributed by atoms with Gasteiger partial charge in [0.1, 0.15) is 18.1 Å². The van der Waals surface area contributed by atoms with Gasteiger partial charge in [-0.2, -0.15) is 5.10 Å². The number of rotatable bonds is 18. The first-order valence-electron chi connectivity index (χ1n) is 20.4. The minimum atomic E-state index is -3.00. The number of hydrogen-bond donors (Lipinski definition) is 4. The van der Waals surface area contributed by atoms with E-state index < -0.39 is 30.0 Å². The van der Waals surface area contributed by atoms with Gasteiger partial charge in [0.15, 0.2) is 11.4 Å². The number of hydrogen-bond acceptors (Lipinski definition) is 11. The zero-order chi connectivity index (χ0) is 43.3. The minimum Gasteiger partial charge on any atom is -0.444 e. The number of fused-ring (bicyclic) bond motifs is 1. The lowest BCUT2D eigenvalue weighted by Gasteiger charge is -2.21. The average Bonchev–Trinajstić information content (AvgIpc) is 3.67. The number of carbonyl (C=O) groups excluding carboxylic acids is 4. The lowest BCUT2D eigenvalue weighted by molar-refractivity contribution is -0.135. The number of imidazole rings is 1. The molecule has 6 aromatic rings. The number of ether oxygens (including phenoxy) is 1. The number of nitrogens with one attached hydrogen (secondary N) is 4. The van der Waals surface area contributed by atoms with Crippen LogP contribution in [0.5, 0.6) is 0 Å². The third kappa shape index (κ3) is 9.31. The maximum atomic E-state index is 14.1. The number of para-hydroxylation sites is 1. The molecule has 0 radical (unpaired) electrons. The van der Waals surface area contributed by atoms with E-state index in [4.69, 9.17) is 9.15 Å². The Bertz CT molecular complexity index is 2680. The Morgan fingerprint density at radius 3 is 2.60 bits per heavy atom. The van der Waals surface area contributed by atoms with Crippen molar-refractivity contribution in [3.05, 3.63) is 106 Å². The SMILES string of the molecule is Cn1c(=O)n(C2CCC(=O)NC2=O)c2cccc(CCCOCCCNC(=O)c3ccc(-n4cc(NC(=O)c5coc(-c6ccnc(NCC7CC7)c6)n5)c(C(F)F)n4)cc3)c21. The van der Waals surface area contributed by atoms with Crippen molar-refractivity contribution in [1.82, 2.24) is 39.5 Å². The number of aryl methyl sites for hydroxylation is 2. The second kappa shape index (κ2) is 18.3. The number of benzene rings is 2. The van der Waals surface area contributed by atoms with Gasteiger partial charge in [-0.3, -0.25) is 33.6 Å². The van der Waals surface area contributed by atoms with Crippen LogP contribution in [-0.4, -0.2) is 78.8 Å². The Morgan fingerprint density at radius 2 is 1.82 bits per heavy atom. The van der Waals surface area contributed by atoms with E-state index in [2.05, 4.69) is 36.3 Å². The van der Waals surface area contributed by atoms with Gasteiger partial charge in [-0.15, -0.1) is 0 Å². The lowest BCUT2D eigenvalue weighted by atomic mass is 10.0. The van der Waals surface area contributed by atoms with Gasteiger partial charge in [0.25, 0.3) is 18.2 Å². The van der Waals surface area contributed by atoms with Crippen LogP contribution in [0, 0.1) is 5.92 Å². The molecule has 0 bridgehead atoms. The molecular weight excluding hydrogens is 807 g/mol. The molecular formula is C43H44F2N10O7. The Hall–Kier alpha value is -7.02. The molecule has 4 N–H and O–H groups in total. The Balaban J connectivity index is 0.789. The van der Waals surface area contributed by atoms with E-state index in [0.717, 1.165) is 23.9 Å². The summed E-state index contributed by atoms with van der Waals surface area (Å²) in [6.45, 7) is 2.02. The van der Waals surface area contributed by atoms with Crippen LogP contribution in [0.2, 0.25) is 0 Å². The van der Waals surface area contributed by atoms with Gasteiger partial charge in [0, 0.05) is 57.1 Å². The molecule has 4 amide bonds. The number of amides is 4. The summed E-state index contributed by atoms with van der Waals surface area (Å²) in [7, 11) is 1.67. The Kier molecular flexibility index (Phi) is 12.3. The van der Waals surface area contributed by atoms with E-state index >= 15 is 0 Å². The summed E-state index contributed by atoms with van der Waals surface area (Å²) in [6, 6.07) is 14.5. The molecule has 62 heavy (non-hydrogen) atoms. The summed E-state index contributed by atoms with van der Waals surface area (Å²) in [5, 5.41) is 14.9. The molecule has 17 nitrogen and oxygen atoms in total. The van der Waals surface area contributed by atoms with Crippen LogP contribution in [-0.2, 0) is 27.8 Å². The van der Waals surface area contributed by atoms with Crippen LogP contribution in [0.3, 0.4) is 0 Å². The molecule has 1 saturated heterocycles. The zero-order valence-corrected chi connectivity index (χ0v) is 33.7. The molecule has 2 aromatic carbocycles. The van der Waals surface area contributed by atoms with Gasteiger partial charge in [0.05, 0.1) is 28.6 Å². The third-order valence-corrected chi connectivity index (χ3v) is 10.8. The van der Waals surface area contributed by atoms with Crippen molar-refractivity contribution in [2.24, 2.45) is 13.0 Å². The fourth-order valence-corrected chi connectivity index (χ4v) is 7.37. The maximum absolute atomic E-state index is 14.1. The van der Waals surface area contributed by atoms with E-state index in [9.17, 15) is 32.8 Å². The highest BCUT2D eigenvalue weighted by molar-refractivity contribution is 6.03. The van der Waals surface area contributed by atoms with Crippen molar-refractivity contribution in [1.29, 1.82) is 0 Å². The number of piperidine rings is 1. The molecule has 5 heterocycles. The highest BCUT2D eigenvalue weighted by Crippen LogP contribution is 2.31. The second-order valence-corrected chi connectivity index (χ2v) is 15.3. The van der Waals surface area contributed by atoms with Gasteiger partial charge in [0.2, 0.25) is 17.7 Å². The molecule has 322 valence electrons. The smallest absolute Gasteiger partial charge is 0.329 e. The number of aromatic nitrogens is 6. The largest absolute Gasteiger partial charge is 0.444 e. The third-order valence-electron chi connectivity index (χ3n) is 10.8. The topological polar surface area (TPSA) is 209 Å². The van der Waals surface area contributed by atoms with Crippen LogP contribution in [0.25, 0.3) is 28.2 Å². The number of oxazole rings is 1. The normalized spacial score (nSPS) is 15.3. The van der Waals surface area contributed by atoms with E-state index in [1.165, 1.54) is 32.9 Å². The standard InChI is InChI=1S/C43H44F2N10O7/c1-53-37-26(5-2-7-32(37)55(43(53)60)33-14-15-35(56)51-41(33)59)6-3-19-61-20-4-17-47-39(57)27-10-12-29(13-11-27)54-23-30(36(52-54)38(44)45)49-40(58)31-24-62-42(50-31)28-16-18-46-34(21-28)48-22-25-8-9-25/h2,5,7,10-13,16,18,21,23-25,33,38H,3-4,6,8-9,14-15,17,19-20,22H2,1H3,(H,46,48)(H,47,57)(H,49,58)(H,51,56,59). The van der Waals surface area contributed by atoms with E-state index in [0.29, 0.717) is 73.1 Å². The monoisotopic (exact) mass is 850 g/mol. The first-order chi connectivity index (χ1) is 30.0. The molecule has 1 saturated carbocycles. The number of alkyl halides is 2. The number of pyridine rings is 1. The number of carbonyl (C=O) groups is 4. The molecule has 2 aliphatic rings. The number of anilines is 2. The van der Waals surface area contributed by atoms with Gasteiger partial charge in [-0.25, -0.2) is 28.2 Å². The van der Waals surface area contributed by atoms with Gasteiger partial charge in [-0.1, -0.05) is 12.1 Å². The highest BCUT2D eigenvalue weighted by Gasteiger charge is 2.32. The lowest BCUT2D eigenvalue weighted by Crippen LogP contribution is -2.44. The summed E-state index contributed by atoms with van der Waals surface area (Å²) in [4.78, 5) is 71.9. The van der Waals surface area contributed by atoms with Crippen LogP contribution in [0.4, 0.5) is 20.3 Å². The quantitative estimate of drug-likeness (QED) is 0.0642. The van der Waals surface area contributed by atoms with Crippen molar-refractivity contribution >= 4 is 46.2 Å².